The molecule has 1 aromatic carbocycles. The van der Waals surface area contributed by atoms with Gasteiger partial charge in [-0.15, -0.1) is 0 Å². The van der Waals surface area contributed by atoms with E-state index in [0.29, 0.717) is 17.2 Å². The minimum atomic E-state index is -0.126. The number of nitrogens with one attached hydrogen (secondary N) is 1. The Hall–Kier alpha value is -1.75. The number of amides is 1. The first-order valence-corrected chi connectivity index (χ1v) is 7.44. The van der Waals surface area contributed by atoms with Crippen LogP contribution in [0.3, 0.4) is 0 Å². The average molecular weight is 292 g/mol. The second kappa shape index (κ2) is 7.31. The summed E-state index contributed by atoms with van der Waals surface area (Å²) in [5.41, 5.74) is 6.79. The van der Waals surface area contributed by atoms with Gasteiger partial charge in [-0.25, -0.2) is 0 Å². The van der Waals surface area contributed by atoms with Gasteiger partial charge >= 0.3 is 0 Å². The molecule has 5 nitrogen and oxygen atoms in total. The number of benzene rings is 1. The van der Waals surface area contributed by atoms with Crippen LogP contribution in [0.5, 0.6) is 11.5 Å². The van der Waals surface area contributed by atoms with Crippen LogP contribution < -0.4 is 20.5 Å². The van der Waals surface area contributed by atoms with Crippen LogP contribution in [0.25, 0.3) is 0 Å². The maximum absolute atomic E-state index is 12.5. The minimum Gasteiger partial charge on any atom is -0.497 e. The van der Waals surface area contributed by atoms with Crippen molar-refractivity contribution in [2.75, 3.05) is 19.5 Å². The third-order valence-electron chi connectivity index (χ3n) is 4.07. The van der Waals surface area contributed by atoms with E-state index in [1.165, 1.54) is 0 Å². The fourth-order valence-electron chi connectivity index (χ4n) is 2.79. The van der Waals surface area contributed by atoms with Gasteiger partial charge in [0.05, 0.1) is 25.8 Å². The molecule has 116 valence electrons. The molecule has 0 radical (unpaired) electrons. The van der Waals surface area contributed by atoms with Gasteiger partial charge < -0.3 is 20.5 Å². The van der Waals surface area contributed by atoms with E-state index in [2.05, 4.69) is 5.32 Å². The molecule has 0 heterocycles. The average Bonchev–Trinajstić information content (AvgIpc) is 2.72. The van der Waals surface area contributed by atoms with Crippen molar-refractivity contribution in [2.45, 2.75) is 38.1 Å². The molecule has 0 saturated heterocycles. The molecule has 2 unspecified atom stereocenters. The van der Waals surface area contributed by atoms with Gasteiger partial charge in [0, 0.05) is 12.1 Å². The normalized spacial score (nSPS) is 22.2. The molecule has 1 aromatic rings. The van der Waals surface area contributed by atoms with Gasteiger partial charge in [0.15, 0.2) is 0 Å². The summed E-state index contributed by atoms with van der Waals surface area (Å²) in [7, 11) is 3.17. The molecule has 1 amide bonds. The van der Waals surface area contributed by atoms with Crippen LogP contribution >= 0.6 is 0 Å². The highest BCUT2D eigenvalue weighted by Crippen LogP contribution is 2.30. The first-order chi connectivity index (χ1) is 10.2. The van der Waals surface area contributed by atoms with Gasteiger partial charge in [0.1, 0.15) is 11.5 Å². The Kier molecular flexibility index (Phi) is 5.44. The van der Waals surface area contributed by atoms with Crippen LogP contribution in [-0.2, 0) is 4.79 Å². The van der Waals surface area contributed by atoms with Crippen LogP contribution in [0, 0.1) is 5.92 Å². The quantitative estimate of drug-likeness (QED) is 0.836. The molecule has 5 heteroatoms. The highest BCUT2D eigenvalue weighted by molar-refractivity contribution is 5.94. The lowest BCUT2D eigenvalue weighted by molar-refractivity contribution is -0.120. The first kappa shape index (κ1) is 15.6. The van der Waals surface area contributed by atoms with E-state index in [1.807, 2.05) is 0 Å². The Balaban J connectivity index is 2.11. The molecule has 1 fully saturated rings. The number of anilines is 1. The predicted molar refractivity (Wildman–Crippen MR) is 82.7 cm³/mol. The summed E-state index contributed by atoms with van der Waals surface area (Å²) in [6.45, 7) is 0. The number of hydrogen-bond donors (Lipinski definition) is 2. The summed E-state index contributed by atoms with van der Waals surface area (Å²) in [5.74, 6) is 1.13. The van der Waals surface area contributed by atoms with Crippen molar-refractivity contribution >= 4 is 11.6 Å². The summed E-state index contributed by atoms with van der Waals surface area (Å²) >= 11 is 0. The molecule has 0 spiro atoms. The molecule has 1 aliphatic carbocycles. The van der Waals surface area contributed by atoms with Gasteiger partial charge in [0.25, 0.3) is 0 Å². The van der Waals surface area contributed by atoms with Crippen molar-refractivity contribution in [3.05, 3.63) is 18.2 Å². The highest BCUT2D eigenvalue weighted by Gasteiger charge is 2.27. The maximum atomic E-state index is 12.5. The Morgan fingerprint density at radius 2 is 1.95 bits per heavy atom. The van der Waals surface area contributed by atoms with Gasteiger partial charge in [0.2, 0.25) is 5.91 Å². The molecule has 2 atom stereocenters. The van der Waals surface area contributed by atoms with Crippen molar-refractivity contribution < 1.29 is 14.3 Å². The third kappa shape index (κ3) is 3.88. The number of hydrogen-bond acceptors (Lipinski definition) is 4. The Morgan fingerprint density at radius 3 is 2.67 bits per heavy atom. The van der Waals surface area contributed by atoms with Crippen molar-refractivity contribution in [1.82, 2.24) is 0 Å². The van der Waals surface area contributed by atoms with E-state index in [1.54, 1.807) is 32.4 Å². The van der Waals surface area contributed by atoms with E-state index in [-0.39, 0.29) is 17.9 Å². The fourth-order valence-corrected chi connectivity index (χ4v) is 2.79. The zero-order chi connectivity index (χ0) is 15.2. The first-order valence-electron chi connectivity index (χ1n) is 7.44. The molecule has 1 aliphatic rings. The molecule has 21 heavy (non-hydrogen) atoms. The largest absolute Gasteiger partial charge is 0.497 e. The predicted octanol–water partition coefficient (Wildman–Crippen LogP) is 2.55. The molecule has 0 aliphatic heterocycles. The monoisotopic (exact) mass is 292 g/mol. The van der Waals surface area contributed by atoms with Gasteiger partial charge in [-0.3, -0.25) is 4.79 Å². The Morgan fingerprint density at radius 1 is 1.19 bits per heavy atom. The highest BCUT2D eigenvalue weighted by atomic mass is 16.5. The number of carbonyl (C=O) groups is 1. The van der Waals surface area contributed by atoms with Crippen LogP contribution in [0.2, 0.25) is 0 Å². The summed E-state index contributed by atoms with van der Waals surface area (Å²) < 4.78 is 10.5. The van der Waals surface area contributed by atoms with Crippen LogP contribution in [0.1, 0.15) is 32.1 Å². The molecule has 0 aromatic heterocycles. The number of nitrogens with two attached hydrogens (primary N) is 1. The third-order valence-corrected chi connectivity index (χ3v) is 4.07. The topological polar surface area (TPSA) is 73.6 Å². The molecular weight excluding hydrogens is 268 g/mol. The zero-order valence-corrected chi connectivity index (χ0v) is 12.7. The van der Waals surface area contributed by atoms with E-state index < -0.39 is 0 Å². The second-order valence-electron chi connectivity index (χ2n) is 5.46. The summed E-state index contributed by atoms with van der Waals surface area (Å²) in [5, 5.41) is 2.94. The van der Waals surface area contributed by atoms with Gasteiger partial charge in [-0.1, -0.05) is 19.3 Å². The molecule has 0 bridgehead atoms. The number of rotatable bonds is 4. The Labute approximate surface area is 125 Å². The van der Waals surface area contributed by atoms with Crippen molar-refractivity contribution in [2.24, 2.45) is 11.7 Å². The molecule has 3 N–H and O–H groups in total. The Bertz CT molecular complexity index is 490. The van der Waals surface area contributed by atoms with E-state index in [9.17, 15) is 4.79 Å². The van der Waals surface area contributed by atoms with E-state index in [4.69, 9.17) is 15.2 Å². The number of methoxy groups -OCH3 is 2. The summed E-state index contributed by atoms with van der Waals surface area (Å²) in [6.07, 6.45) is 5.09. The molecule has 2 rings (SSSR count). The minimum absolute atomic E-state index is 0.0205. The lowest BCUT2D eigenvalue weighted by Gasteiger charge is -2.21. The smallest absolute Gasteiger partial charge is 0.229 e. The molecule has 1 saturated carbocycles. The number of ether oxygens (including phenoxy) is 2. The molecular formula is C16H24N2O3. The lowest BCUT2D eigenvalue weighted by Crippen LogP contribution is -2.37. The summed E-state index contributed by atoms with van der Waals surface area (Å²) in [4.78, 5) is 12.5. The van der Waals surface area contributed by atoms with E-state index >= 15 is 0 Å². The second-order valence-corrected chi connectivity index (χ2v) is 5.46. The fraction of sp³-hybridized carbons (Fsp3) is 0.562. The SMILES string of the molecule is COc1ccc(NC(=O)C2CCCCCC2N)c(OC)c1. The van der Waals surface area contributed by atoms with Gasteiger partial charge in [-0.2, -0.15) is 0 Å². The van der Waals surface area contributed by atoms with Crippen molar-refractivity contribution in [1.29, 1.82) is 0 Å². The standard InChI is InChI=1S/C16H24N2O3/c1-20-11-8-9-14(15(10-11)21-2)18-16(19)12-6-4-3-5-7-13(12)17/h8-10,12-13H,3-7,17H2,1-2H3,(H,18,19). The van der Waals surface area contributed by atoms with Crippen LogP contribution in [0.15, 0.2) is 18.2 Å². The van der Waals surface area contributed by atoms with Crippen LogP contribution in [0.4, 0.5) is 5.69 Å². The lowest BCUT2D eigenvalue weighted by atomic mass is 9.94. The van der Waals surface area contributed by atoms with Gasteiger partial charge in [-0.05, 0) is 25.0 Å². The van der Waals surface area contributed by atoms with Crippen molar-refractivity contribution in [3.63, 3.8) is 0 Å². The zero-order valence-electron chi connectivity index (χ0n) is 12.7. The van der Waals surface area contributed by atoms with Crippen LogP contribution in [-0.4, -0.2) is 26.2 Å². The summed E-state index contributed by atoms with van der Waals surface area (Å²) in [6, 6.07) is 5.28. The van der Waals surface area contributed by atoms with Crippen molar-refractivity contribution in [3.8, 4) is 11.5 Å². The number of carbonyl (C=O) groups excluding carboxylic acids is 1. The maximum Gasteiger partial charge on any atom is 0.229 e. The van der Waals surface area contributed by atoms with E-state index in [0.717, 1.165) is 32.1 Å².